The molecule has 0 amide bonds. The molecule has 0 spiro atoms. The SMILES string of the molecule is Cc1cc(O)c(C(=O)C(C)N)cc1Br. The molecular weight excluding hydrogens is 246 g/mol. The Morgan fingerprint density at radius 3 is 2.64 bits per heavy atom. The van der Waals surface area contributed by atoms with Crippen molar-refractivity contribution in [2.45, 2.75) is 19.9 Å². The van der Waals surface area contributed by atoms with E-state index >= 15 is 0 Å². The number of carbonyl (C=O) groups is 1. The van der Waals surface area contributed by atoms with Crippen molar-refractivity contribution in [3.63, 3.8) is 0 Å². The smallest absolute Gasteiger partial charge is 0.182 e. The Kier molecular flexibility index (Phi) is 3.29. The van der Waals surface area contributed by atoms with Gasteiger partial charge in [-0.25, -0.2) is 0 Å². The van der Waals surface area contributed by atoms with Gasteiger partial charge in [0.15, 0.2) is 5.78 Å². The average Bonchev–Trinajstić information content (AvgIpc) is 2.10. The van der Waals surface area contributed by atoms with Gasteiger partial charge in [-0.2, -0.15) is 0 Å². The maximum absolute atomic E-state index is 11.5. The van der Waals surface area contributed by atoms with E-state index in [-0.39, 0.29) is 17.1 Å². The summed E-state index contributed by atoms with van der Waals surface area (Å²) in [6, 6.07) is 2.53. The van der Waals surface area contributed by atoms with E-state index in [1.54, 1.807) is 19.1 Å². The third kappa shape index (κ3) is 2.13. The first-order chi connectivity index (χ1) is 6.43. The zero-order valence-electron chi connectivity index (χ0n) is 8.04. The molecule has 1 unspecified atom stereocenters. The summed E-state index contributed by atoms with van der Waals surface area (Å²) in [7, 11) is 0. The van der Waals surface area contributed by atoms with Gasteiger partial charge in [-0.05, 0) is 31.5 Å². The van der Waals surface area contributed by atoms with Crippen molar-refractivity contribution in [1.82, 2.24) is 0 Å². The fraction of sp³-hybridized carbons (Fsp3) is 0.300. The highest BCUT2D eigenvalue weighted by molar-refractivity contribution is 9.10. The molecule has 3 nitrogen and oxygen atoms in total. The van der Waals surface area contributed by atoms with Crippen LogP contribution in [0.4, 0.5) is 0 Å². The van der Waals surface area contributed by atoms with Gasteiger partial charge in [0, 0.05) is 4.47 Å². The minimum absolute atomic E-state index is 0.0204. The lowest BCUT2D eigenvalue weighted by Crippen LogP contribution is -2.26. The second-order valence-corrected chi connectivity index (χ2v) is 4.13. The van der Waals surface area contributed by atoms with Crippen LogP contribution in [0.1, 0.15) is 22.8 Å². The van der Waals surface area contributed by atoms with Gasteiger partial charge in [0.25, 0.3) is 0 Å². The first-order valence-electron chi connectivity index (χ1n) is 4.22. The zero-order chi connectivity index (χ0) is 10.9. The standard InChI is InChI=1S/C10H12BrNO2/c1-5-3-9(13)7(4-8(5)11)10(14)6(2)12/h3-4,6,13H,12H2,1-2H3. The molecule has 0 fully saturated rings. The van der Waals surface area contributed by atoms with Crippen molar-refractivity contribution in [1.29, 1.82) is 0 Å². The first kappa shape index (κ1) is 11.2. The van der Waals surface area contributed by atoms with Crippen molar-refractivity contribution < 1.29 is 9.90 Å². The summed E-state index contributed by atoms with van der Waals surface area (Å²) in [6.07, 6.45) is 0. The van der Waals surface area contributed by atoms with E-state index in [0.29, 0.717) is 0 Å². The molecule has 0 aliphatic carbocycles. The molecule has 1 aromatic carbocycles. The second kappa shape index (κ2) is 4.11. The largest absolute Gasteiger partial charge is 0.507 e. The number of Topliss-reactive ketones (excluding diaryl/α,β-unsaturated/α-hetero) is 1. The molecule has 0 radical (unpaired) electrons. The van der Waals surface area contributed by atoms with Crippen molar-refractivity contribution in [2.75, 3.05) is 0 Å². The molecule has 1 aromatic rings. The molecule has 1 atom stereocenters. The predicted octanol–water partition coefficient (Wildman–Crippen LogP) is 1.99. The summed E-state index contributed by atoms with van der Waals surface area (Å²) >= 11 is 3.29. The highest BCUT2D eigenvalue weighted by Crippen LogP contribution is 2.26. The summed E-state index contributed by atoms with van der Waals surface area (Å²) in [6.45, 7) is 3.43. The Morgan fingerprint density at radius 2 is 2.14 bits per heavy atom. The quantitative estimate of drug-likeness (QED) is 0.797. The van der Waals surface area contributed by atoms with Crippen molar-refractivity contribution in [2.24, 2.45) is 5.73 Å². The van der Waals surface area contributed by atoms with Gasteiger partial charge in [-0.3, -0.25) is 4.79 Å². The summed E-state index contributed by atoms with van der Waals surface area (Å²) in [5, 5.41) is 9.54. The normalized spacial score (nSPS) is 12.6. The molecule has 0 aromatic heterocycles. The molecule has 4 heteroatoms. The fourth-order valence-electron chi connectivity index (χ4n) is 1.11. The van der Waals surface area contributed by atoms with E-state index in [1.807, 2.05) is 6.92 Å². The maximum Gasteiger partial charge on any atom is 0.182 e. The molecule has 0 heterocycles. The minimum atomic E-state index is -0.601. The zero-order valence-corrected chi connectivity index (χ0v) is 9.63. The number of phenols is 1. The molecule has 1 rings (SSSR count). The van der Waals surface area contributed by atoms with Gasteiger partial charge in [0.1, 0.15) is 5.75 Å². The van der Waals surface area contributed by atoms with Crippen LogP contribution in [0.2, 0.25) is 0 Å². The third-order valence-electron chi connectivity index (χ3n) is 1.96. The first-order valence-corrected chi connectivity index (χ1v) is 5.01. The van der Waals surface area contributed by atoms with E-state index < -0.39 is 6.04 Å². The molecule has 76 valence electrons. The highest BCUT2D eigenvalue weighted by Gasteiger charge is 2.16. The summed E-state index contributed by atoms with van der Waals surface area (Å²) in [4.78, 5) is 11.5. The minimum Gasteiger partial charge on any atom is -0.507 e. The molecule has 0 aliphatic rings. The molecule has 0 bridgehead atoms. The molecule has 14 heavy (non-hydrogen) atoms. The molecule has 0 saturated heterocycles. The van der Waals surface area contributed by atoms with E-state index in [2.05, 4.69) is 15.9 Å². The van der Waals surface area contributed by atoms with Crippen molar-refractivity contribution in [3.8, 4) is 5.75 Å². The number of carbonyl (C=O) groups excluding carboxylic acids is 1. The Hall–Kier alpha value is -0.870. The van der Waals surface area contributed by atoms with Crippen LogP contribution in [0.25, 0.3) is 0 Å². The van der Waals surface area contributed by atoms with Gasteiger partial charge < -0.3 is 10.8 Å². The van der Waals surface area contributed by atoms with Crippen LogP contribution in [0, 0.1) is 6.92 Å². The van der Waals surface area contributed by atoms with Crippen LogP contribution >= 0.6 is 15.9 Å². The van der Waals surface area contributed by atoms with E-state index in [1.165, 1.54) is 0 Å². The number of hydrogen-bond donors (Lipinski definition) is 2. The summed E-state index contributed by atoms with van der Waals surface area (Å²) in [5.41, 5.74) is 6.59. The molecule has 3 N–H and O–H groups in total. The summed E-state index contributed by atoms with van der Waals surface area (Å²) in [5.74, 6) is -0.281. The van der Waals surface area contributed by atoms with Crippen LogP contribution < -0.4 is 5.73 Å². The highest BCUT2D eigenvalue weighted by atomic mass is 79.9. The number of nitrogens with two attached hydrogens (primary N) is 1. The van der Waals surface area contributed by atoms with Gasteiger partial charge in [0.2, 0.25) is 0 Å². The van der Waals surface area contributed by atoms with Crippen LogP contribution in [0.15, 0.2) is 16.6 Å². The number of aromatic hydroxyl groups is 1. The van der Waals surface area contributed by atoms with Crippen molar-refractivity contribution in [3.05, 3.63) is 27.7 Å². The third-order valence-corrected chi connectivity index (χ3v) is 2.81. The Balaban J connectivity index is 3.22. The predicted molar refractivity (Wildman–Crippen MR) is 58.5 cm³/mol. The topological polar surface area (TPSA) is 63.3 Å². The lowest BCUT2D eigenvalue weighted by molar-refractivity contribution is 0.0965. The van der Waals surface area contributed by atoms with Crippen LogP contribution in [0.3, 0.4) is 0 Å². The number of phenolic OH excluding ortho intramolecular Hbond substituents is 1. The van der Waals surface area contributed by atoms with Gasteiger partial charge in [0.05, 0.1) is 11.6 Å². The molecular formula is C10H12BrNO2. The van der Waals surface area contributed by atoms with E-state index in [9.17, 15) is 9.90 Å². The van der Waals surface area contributed by atoms with E-state index in [0.717, 1.165) is 10.0 Å². The number of rotatable bonds is 2. The summed E-state index contributed by atoms with van der Waals surface area (Å²) < 4.78 is 0.791. The molecule has 0 aliphatic heterocycles. The van der Waals surface area contributed by atoms with Gasteiger partial charge >= 0.3 is 0 Å². The monoisotopic (exact) mass is 257 g/mol. The van der Waals surface area contributed by atoms with Crippen LogP contribution in [-0.4, -0.2) is 16.9 Å². The average molecular weight is 258 g/mol. The fourth-order valence-corrected chi connectivity index (χ4v) is 1.45. The van der Waals surface area contributed by atoms with Gasteiger partial charge in [-0.15, -0.1) is 0 Å². The Morgan fingerprint density at radius 1 is 1.57 bits per heavy atom. The van der Waals surface area contributed by atoms with Crippen LogP contribution in [-0.2, 0) is 0 Å². The number of halogens is 1. The van der Waals surface area contributed by atoms with E-state index in [4.69, 9.17) is 5.73 Å². The molecule has 0 saturated carbocycles. The number of ketones is 1. The van der Waals surface area contributed by atoms with Crippen LogP contribution in [0.5, 0.6) is 5.75 Å². The second-order valence-electron chi connectivity index (χ2n) is 3.27. The lowest BCUT2D eigenvalue weighted by atomic mass is 10.0. The number of hydrogen-bond acceptors (Lipinski definition) is 3. The number of aryl methyl sites for hydroxylation is 1. The Labute approximate surface area is 91.1 Å². The van der Waals surface area contributed by atoms with Gasteiger partial charge in [-0.1, -0.05) is 15.9 Å². The van der Waals surface area contributed by atoms with Crippen molar-refractivity contribution >= 4 is 21.7 Å². The lowest BCUT2D eigenvalue weighted by Gasteiger charge is -2.08. The Bertz CT molecular complexity index is 375. The number of benzene rings is 1. The maximum atomic E-state index is 11.5.